The molecule has 0 spiro atoms. The Morgan fingerprint density at radius 1 is 1.32 bits per heavy atom. The number of nitrogens with zero attached hydrogens (tertiary/aromatic N) is 4. The van der Waals surface area contributed by atoms with E-state index < -0.39 is 0 Å². The molecule has 1 aliphatic heterocycles. The quantitative estimate of drug-likeness (QED) is 0.767. The van der Waals surface area contributed by atoms with Crippen LogP contribution in [0.3, 0.4) is 0 Å². The maximum absolute atomic E-state index is 5.29. The summed E-state index contributed by atoms with van der Waals surface area (Å²) in [4.78, 5) is 8.42. The number of H-pyrrole nitrogens is 1. The Hall–Kier alpha value is -2.25. The Kier molecular flexibility index (Phi) is 4.17. The molecule has 1 fully saturated rings. The molecule has 0 aliphatic carbocycles. The van der Waals surface area contributed by atoms with Crippen molar-refractivity contribution in [1.82, 2.24) is 30.6 Å². The zero-order chi connectivity index (χ0) is 14.1. The highest BCUT2D eigenvalue weighted by atomic mass is 35.5. The summed E-state index contributed by atoms with van der Waals surface area (Å²) >= 11 is 0. The minimum atomic E-state index is 0. The van der Waals surface area contributed by atoms with Gasteiger partial charge in [-0.2, -0.15) is 10.1 Å². The SMILES string of the molecule is Cl.c1cncc(-c2noc(-c3cc(C4CCNC4)[nH]n3)n2)c1. The van der Waals surface area contributed by atoms with Gasteiger partial charge in [-0.05, 0) is 31.2 Å². The first kappa shape index (κ1) is 14.7. The lowest BCUT2D eigenvalue weighted by Gasteiger charge is -2.02. The van der Waals surface area contributed by atoms with Crippen LogP contribution >= 0.6 is 12.4 Å². The fraction of sp³-hybridized carbons (Fsp3) is 0.286. The van der Waals surface area contributed by atoms with E-state index in [-0.39, 0.29) is 12.4 Å². The third-order valence-electron chi connectivity index (χ3n) is 3.66. The summed E-state index contributed by atoms with van der Waals surface area (Å²) < 4.78 is 5.29. The van der Waals surface area contributed by atoms with Crippen LogP contribution in [0.5, 0.6) is 0 Å². The van der Waals surface area contributed by atoms with E-state index in [2.05, 4.69) is 30.6 Å². The van der Waals surface area contributed by atoms with Crippen molar-refractivity contribution in [2.24, 2.45) is 0 Å². The van der Waals surface area contributed by atoms with E-state index in [0.29, 0.717) is 23.3 Å². The Balaban J connectivity index is 0.00000144. The van der Waals surface area contributed by atoms with Crippen LogP contribution in [0.15, 0.2) is 35.1 Å². The molecule has 3 aromatic rings. The van der Waals surface area contributed by atoms with Crippen LogP contribution in [0, 0.1) is 0 Å². The molecule has 22 heavy (non-hydrogen) atoms. The maximum Gasteiger partial charge on any atom is 0.278 e. The monoisotopic (exact) mass is 318 g/mol. The fourth-order valence-corrected chi connectivity index (χ4v) is 2.52. The molecule has 1 unspecified atom stereocenters. The van der Waals surface area contributed by atoms with Crippen LogP contribution in [-0.4, -0.2) is 38.4 Å². The average molecular weight is 319 g/mol. The van der Waals surface area contributed by atoms with Gasteiger partial charge in [0.05, 0.1) is 0 Å². The van der Waals surface area contributed by atoms with Crippen molar-refractivity contribution >= 4 is 12.4 Å². The second-order valence-electron chi connectivity index (χ2n) is 5.06. The molecule has 0 aromatic carbocycles. The molecule has 4 rings (SSSR count). The van der Waals surface area contributed by atoms with Crippen molar-refractivity contribution in [2.45, 2.75) is 12.3 Å². The molecule has 2 N–H and O–H groups in total. The summed E-state index contributed by atoms with van der Waals surface area (Å²) in [6, 6.07) is 5.71. The van der Waals surface area contributed by atoms with E-state index in [1.807, 2.05) is 18.2 Å². The molecule has 0 saturated carbocycles. The Morgan fingerprint density at radius 3 is 3.05 bits per heavy atom. The zero-order valence-corrected chi connectivity index (χ0v) is 12.5. The first-order valence-corrected chi connectivity index (χ1v) is 6.90. The highest BCUT2D eigenvalue weighted by Gasteiger charge is 2.21. The lowest BCUT2D eigenvalue weighted by molar-refractivity contribution is 0.431. The molecular formula is C14H15ClN6O. The van der Waals surface area contributed by atoms with Gasteiger partial charge in [0.25, 0.3) is 5.89 Å². The second kappa shape index (κ2) is 6.25. The lowest BCUT2D eigenvalue weighted by atomic mass is 10.1. The Morgan fingerprint density at radius 2 is 2.27 bits per heavy atom. The number of rotatable bonds is 3. The summed E-state index contributed by atoms with van der Waals surface area (Å²) in [7, 11) is 0. The average Bonchev–Trinajstić information content (AvgIpc) is 3.27. The molecule has 1 saturated heterocycles. The topological polar surface area (TPSA) is 92.5 Å². The standard InChI is InChI=1S/C14H14N6O.ClH/c1-2-10(8-15-4-1)13-17-14(21-20-13)12-6-11(18-19-12)9-3-5-16-7-9;/h1-2,4,6,8-9,16H,3,5,7H2,(H,18,19);1H. The van der Waals surface area contributed by atoms with E-state index in [4.69, 9.17) is 4.52 Å². The molecule has 4 heterocycles. The summed E-state index contributed by atoms with van der Waals surface area (Å²) in [5, 5.41) is 14.7. The molecule has 0 radical (unpaired) electrons. The molecule has 3 aromatic heterocycles. The van der Waals surface area contributed by atoms with E-state index in [1.165, 1.54) is 0 Å². The van der Waals surface area contributed by atoms with Crippen molar-refractivity contribution in [2.75, 3.05) is 13.1 Å². The predicted molar refractivity (Wildman–Crippen MR) is 82.6 cm³/mol. The number of aromatic amines is 1. The van der Waals surface area contributed by atoms with Gasteiger partial charge in [-0.3, -0.25) is 10.1 Å². The predicted octanol–water partition coefficient (Wildman–Crippen LogP) is 2.02. The molecular weight excluding hydrogens is 304 g/mol. The lowest BCUT2D eigenvalue weighted by Crippen LogP contribution is -2.08. The van der Waals surface area contributed by atoms with Crippen LogP contribution < -0.4 is 5.32 Å². The van der Waals surface area contributed by atoms with Crippen LogP contribution in [-0.2, 0) is 0 Å². The van der Waals surface area contributed by atoms with Crippen molar-refractivity contribution < 1.29 is 4.52 Å². The van der Waals surface area contributed by atoms with Gasteiger partial charge in [-0.25, -0.2) is 0 Å². The van der Waals surface area contributed by atoms with Crippen LogP contribution in [0.25, 0.3) is 23.0 Å². The molecule has 1 aliphatic rings. The third kappa shape index (κ3) is 2.72. The van der Waals surface area contributed by atoms with E-state index >= 15 is 0 Å². The van der Waals surface area contributed by atoms with E-state index in [9.17, 15) is 0 Å². The zero-order valence-electron chi connectivity index (χ0n) is 11.7. The molecule has 114 valence electrons. The number of nitrogens with one attached hydrogen (secondary N) is 2. The van der Waals surface area contributed by atoms with Crippen molar-refractivity contribution in [3.8, 4) is 23.0 Å². The maximum atomic E-state index is 5.29. The van der Waals surface area contributed by atoms with E-state index in [1.54, 1.807) is 12.4 Å². The highest BCUT2D eigenvalue weighted by Crippen LogP contribution is 2.25. The van der Waals surface area contributed by atoms with Gasteiger partial charge < -0.3 is 9.84 Å². The Bertz CT molecular complexity index is 735. The molecule has 0 amide bonds. The number of hydrogen-bond acceptors (Lipinski definition) is 6. The summed E-state index contributed by atoms with van der Waals surface area (Å²) in [6.45, 7) is 2.02. The molecule has 7 nitrogen and oxygen atoms in total. The highest BCUT2D eigenvalue weighted by molar-refractivity contribution is 5.85. The molecule has 0 bridgehead atoms. The van der Waals surface area contributed by atoms with Gasteiger partial charge in [0.1, 0.15) is 0 Å². The number of hydrogen-bond donors (Lipinski definition) is 2. The Labute approximate surface area is 133 Å². The molecule has 8 heteroatoms. The van der Waals surface area contributed by atoms with Crippen LogP contribution in [0.4, 0.5) is 0 Å². The van der Waals surface area contributed by atoms with Gasteiger partial charge in [0, 0.05) is 36.1 Å². The van der Waals surface area contributed by atoms with E-state index in [0.717, 1.165) is 30.8 Å². The third-order valence-corrected chi connectivity index (χ3v) is 3.66. The normalized spacial score (nSPS) is 17.4. The second-order valence-corrected chi connectivity index (χ2v) is 5.06. The van der Waals surface area contributed by atoms with Crippen LogP contribution in [0.2, 0.25) is 0 Å². The van der Waals surface area contributed by atoms with Crippen molar-refractivity contribution in [3.05, 3.63) is 36.3 Å². The van der Waals surface area contributed by atoms with Gasteiger partial charge in [-0.1, -0.05) is 5.16 Å². The summed E-state index contributed by atoms with van der Waals surface area (Å²) in [6.07, 6.45) is 4.53. The smallest absolute Gasteiger partial charge is 0.278 e. The first-order chi connectivity index (χ1) is 10.4. The van der Waals surface area contributed by atoms with Crippen molar-refractivity contribution in [3.63, 3.8) is 0 Å². The minimum absolute atomic E-state index is 0. The number of halogens is 1. The van der Waals surface area contributed by atoms with Gasteiger partial charge in [-0.15, -0.1) is 12.4 Å². The largest absolute Gasteiger partial charge is 0.332 e. The van der Waals surface area contributed by atoms with Crippen LogP contribution in [0.1, 0.15) is 18.0 Å². The van der Waals surface area contributed by atoms with Gasteiger partial charge in [0.15, 0.2) is 5.69 Å². The molecule has 1 atom stereocenters. The van der Waals surface area contributed by atoms with Gasteiger partial charge >= 0.3 is 0 Å². The number of pyridine rings is 1. The fourth-order valence-electron chi connectivity index (χ4n) is 2.52. The van der Waals surface area contributed by atoms with Gasteiger partial charge in [0.2, 0.25) is 5.82 Å². The van der Waals surface area contributed by atoms with Crippen molar-refractivity contribution in [1.29, 1.82) is 0 Å². The number of aromatic nitrogens is 5. The summed E-state index contributed by atoms with van der Waals surface area (Å²) in [5.74, 6) is 1.42. The summed E-state index contributed by atoms with van der Waals surface area (Å²) in [5.41, 5.74) is 2.61. The first-order valence-electron chi connectivity index (χ1n) is 6.90. The minimum Gasteiger partial charge on any atom is -0.332 e.